The van der Waals surface area contributed by atoms with E-state index in [0.717, 1.165) is 0 Å². The van der Waals surface area contributed by atoms with E-state index in [2.05, 4.69) is 4.98 Å². The highest BCUT2D eigenvalue weighted by atomic mass is 16.5. The van der Waals surface area contributed by atoms with Crippen LogP contribution >= 0.6 is 0 Å². The molecule has 12 heavy (non-hydrogen) atoms. The molecule has 0 atom stereocenters. The molecule has 0 radical (unpaired) electrons. The minimum absolute atomic E-state index is 0.225. The molecular formula is C7H11N3O2. The number of anilines is 1. The lowest BCUT2D eigenvalue weighted by molar-refractivity contribution is 0.0844. The van der Waals surface area contributed by atoms with E-state index in [1.165, 1.54) is 4.57 Å². The van der Waals surface area contributed by atoms with Crippen molar-refractivity contribution in [3.8, 4) is 0 Å². The molecule has 0 unspecified atom stereocenters. The van der Waals surface area contributed by atoms with Gasteiger partial charge in [-0.05, 0) is 13.0 Å². The second kappa shape index (κ2) is 3.87. The topological polar surface area (TPSA) is 70.1 Å². The Morgan fingerprint density at radius 1 is 1.75 bits per heavy atom. The Labute approximate surface area is 69.8 Å². The smallest absolute Gasteiger partial charge is 0.351 e. The Morgan fingerprint density at radius 3 is 3.08 bits per heavy atom. The summed E-state index contributed by atoms with van der Waals surface area (Å²) in [5.74, 6) is 0.229. The number of ether oxygens (including phenoxy) is 1. The molecule has 2 N–H and O–H groups in total. The molecular weight excluding hydrogens is 158 g/mol. The fraction of sp³-hybridized carbons (Fsp3) is 0.429. The number of hydrogen-bond acceptors (Lipinski definition) is 4. The van der Waals surface area contributed by atoms with E-state index in [9.17, 15) is 4.79 Å². The molecule has 0 aliphatic rings. The Bertz CT molecular complexity index is 308. The van der Waals surface area contributed by atoms with Crippen molar-refractivity contribution in [1.82, 2.24) is 9.55 Å². The summed E-state index contributed by atoms with van der Waals surface area (Å²) < 4.78 is 6.37. The van der Waals surface area contributed by atoms with Crippen LogP contribution in [0.4, 0.5) is 5.82 Å². The molecule has 0 aliphatic carbocycles. The first-order valence-electron chi connectivity index (χ1n) is 3.64. The highest BCUT2D eigenvalue weighted by molar-refractivity contribution is 5.23. The summed E-state index contributed by atoms with van der Waals surface area (Å²) in [6, 6.07) is 1.56. The van der Waals surface area contributed by atoms with Crippen molar-refractivity contribution in [2.45, 2.75) is 13.7 Å². The molecule has 1 aromatic rings. The highest BCUT2D eigenvalue weighted by Gasteiger charge is 1.95. The number of hydrogen-bond donors (Lipinski definition) is 1. The number of nitrogens with zero attached hydrogens (tertiary/aromatic N) is 2. The van der Waals surface area contributed by atoms with Gasteiger partial charge in [0.15, 0.2) is 0 Å². The van der Waals surface area contributed by atoms with Crippen LogP contribution in [-0.2, 0) is 11.5 Å². The zero-order chi connectivity index (χ0) is 8.97. The van der Waals surface area contributed by atoms with E-state index in [0.29, 0.717) is 6.61 Å². The maximum Gasteiger partial charge on any atom is 0.351 e. The Hall–Kier alpha value is -1.36. The lowest BCUT2D eigenvalue weighted by Crippen LogP contribution is -2.24. The van der Waals surface area contributed by atoms with Crippen LogP contribution in [0.2, 0.25) is 0 Å². The van der Waals surface area contributed by atoms with Crippen LogP contribution in [0, 0.1) is 0 Å². The van der Waals surface area contributed by atoms with Gasteiger partial charge in [-0.15, -0.1) is 0 Å². The van der Waals surface area contributed by atoms with Gasteiger partial charge in [0.05, 0.1) is 0 Å². The predicted molar refractivity (Wildman–Crippen MR) is 44.5 cm³/mol. The standard InChI is InChI=1S/C7H11N3O2/c1-2-12-5-10-4-3-6(8)9-7(10)11/h3-4H,2,5H2,1H3,(H2,8,9,11). The molecule has 66 valence electrons. The lowest BCUT2D eigenvalue weighted by atomic mass is 10.6. The van der Waals surface area contributed by atoms with E-state index in [1.807, 2.05) is 6.92 Å². The Morgan fingerprint density at radius 2 is 2.50 bits per heavy atom. The lowest BCUT2D eigenvalue weighted by Gasteiger charge is -2.03. The SMILES string of the molecule is CCOCn1ccc(N)nc1=O. The average Bonchev–Trinajstić information content (AvgIpc) is 2.03. The summed E-state index contributed by atoms with van der Waals surface area (Å²) in [5, 5.41) is 0. The van der Waals surface area contributed by atoms with Gasteiger partial charge in [-0.1, -0.05) is 0 Å². The second-order valence-corrected chi connectivity index (χ2v) is 2.23. The molecule has 5 nitrogen and oxygen atoms in total. The van der Waals surface area contributed by atoms with Gasteiger partial charge in [0.1, 0.15) is 12.5 Å². The average molecular weight is 169 g/mol. The number of nitrogen functional groups attached to an aromatic ring is 1. The van der Waals surface area contributed by atoms with Crippen molar-refractivity contribution in [2.24, 2.45) is 0 Å². The molecule has 5 heteroatoms. The zero-order valence-electron chi connectivity index (χ0n) is 6.86. The van der Waals surface area contributed by atoms with Crippen LogP contribution in [0.3, 0.4) is 0 Å². The monoisotopic (exact) mass is 169 g/mol. The van der Waals surface area contributed by atoms with Gasteiger partial charge < -0.3 is 10.5 Å². The van der Waals surface area contributed by atoms with Crippen molar-refractivity contribution in [3.63, 3.8) is 0 Å². The molecule has 1 heterocycles. The quantitative estimate of drug-likeness (QED) is 0.681. The molecule has 0 saturated heterocycles. The summed E-state index contributed by atoms with van der Waals surface area (Å²) in [6.07, 6.45) is 1.56. The normalized spacial score (nSPS) is 10.1. The van der Waals surface area contributed by atoms with Crippen molar-refractivity contribution in [3.05, 3.63) is 22.7 Å². The second-order valence-electron chi connectivity index (χ2n) is 2.23. The van der Waals surface area contributed by atoms with E-state index in [1.54, 1.807) is 12.3 Å². The third-order valence-electron chi connectivity index (χ3n) is 1.33. The summed E-state index contributed by atoms with van der Waals surface area (Å²) in [6.45, 7) is 2.65. The first kappa shape index (κ1) is 8.73. The molecule has 0 saturated carbocycles. The molecule has 0 aromatic carbocycles. The zero-order valence-corrected chi connectivity index (χ0v) is 6.86. The van der Waals surface area contributed by atoms with Crippen LogP contribution in [0.1, 0.15) is 6.92 Å². The molecule has 0 bridgehead atoms. The first-order chi connectivity index (χ1) is 5.74. The highest BCUT2D eigenvalue weighted by Crippen LogP contribution is 1.89. The fourth-order valence-electron chi connectivity index (χ4n) is 0.730. The van der Waals surface area contributed by atoms with Gasteiger partial charge in [0, 0.05) is 12.8 Å². The van der Waals surface area contributed by atoms with Crippen molar-refractivity contribution in [1.29, 1.82) is 0 Å². The minimum atomic E-state index is -0.386. The van der Waals surface area contributed by atoms with Crippen LogP contribution < -0.4 is 11.4 Å². The van der Waals surface area contributed by atoms with E-state index < -0.39 is 0 Å². The predicted octanol–water partition coefficient (Wildman–Crippen LogP) is -0.180. The van der Waals surface area contributed by atoms with Gasteiger partial charge in [0.25, 0.3) is 0 Å². The Kier molecular flexibility index (Phi) is 2.82. The summed E-state index contributed by atoms with van der Waals surface area (Å²) in [7, 11) is 0. The maximum atomic E-state index is 11.0. The van der Waals surface area contributed by atoms with E-state index in [4.69, 9.17) is 10.5 Å². The molecule has 0 aliphatic heterocycles. The summed E-state index contributed by atoms with van der Waals surface area (Å²) >= 11 is 0. The molecule has 1 aromatic heterocycles. The van der Waals surface area contributed by atoms with Crippen molar-refractivity contribution in [2.75, 3.05) is 12.3 Å². The van der Waals surface area contributed by atoms with Gasteiger partial charge in [0.2, 0.25) is 0 Å². The number of nitrogens with two attached hydrogens (primary N) is 1. The molecule has 1 rings (SSSR count). The van der Waals surface area contributed by atoms with Gasteiger partial charge in [-0.25, -0.2) is 4.79 Å². The van der Waals surface area contributed by atoms with Crippen molar-refractivity contribution >= 4 is 5.82 Å². The van der Waals surface area contributed by atoms with Crippen LogP contribution in [-0.4, -0.2) is 16.2 Å². The summed E-state index contributed by atoms with van der Waals surface area (Å²) in [4.78, 5) is 14.6. The van der Waals surface area contributed by atoms with Crippen LogP contribution in [0.5, 0.6) is 0 Å². The molecule has 0 spiro atoms. The minimum Gasteiger partial charge on any atom is -0.383 e. The molecule has 0 amide bonds. The third kappa shape index (κ3) is 2.06. The van der Waals surface area contributed by atoms with Gasteiger partial charge in [-0.3, -0.25) is 4.57 Å². The van der Waals surface area contributed by atoms with Crippen LogP contribution in [0.15, 0.2) is 17.1 Å². The number of aromatic nitrogens is 2. The fourth-order valence-corrected chi connectivity index (χ4v) is 0.730. The summed E-state index contributed by atoms with van der Waals surface area (Å²) in [5.41, 5.74) is 4.91. The largest absolute Gasteiger partial charge is 0.383 e. The van der Waals surface area contributed by atoms with Crippen molar-refractivity contribution < 1.29 is 4.74 Å². The molecule has 0 fully saturated rings. The van der Waals surface area contributed by atoms with Gasteiger partial charge in [-0.2, -0.15) is 4.98 Å². The van der Waals surface area contributed by atoms with E-state index in [-0.39, 0.29) is 18.2 Å². The Balaban J connectivity index is 2.80. The van der Waals surface area contributed by atoms with Crippen LogP contribution in [0.25, 0.3) is 0 Å². The van der Waals surface area contributed by atoms with Gasteiger partial charge >= 0.3 is 5.69 Å². The third-order valence-corrected chi connectivity index (χ3v) is 1.33. The maximum absolute atomic E-state index is 11.0. The van der Waals surface area contributed by atoms with E-state index >= 15 is 0 Å². The number of rotatable bonds is 3. The first-order valence-corrected chi connectivity index (χ1v) is 3.64.